The number of hydrogen-bond donors (Lipinski definition) is 2. The first kappa shape index (κ1) is 14.8. The SMILES string of the molecule is Cc1ccc(NC(=S)Nc2cc(Cl)ccc2C)cc1F. The van der Waals surface area contributed by atoms with Crippen molar-refractivity contribution in [2.45, 2.75) is 13.8 Å². The van der Waals surface area contributed by atoms with Crippen molar-refractivity contribution in [1.29, 1.82) is 0 Å². The normalized spacial score (nSPS) is 10.2. The molecule has 0 aliphatic heterocycles. The molecule has 104 valence electrons. The van der Waals surface area contributed by atoms with Crippen LogP contribution in [0.25, 0.3) is 0 Å². The predicted molar refractivity (Wildman–Crippen MR) is 87.2 cm³/mol. The summed E-state index contributed by atoms with van der Waals surface area (Å²) in [6, 6.07) is 10.4. The van der Waals surface area contributed by atoms with Gasteiger partial charge < -0.3 is 10.6 Å². The van der Waals surface area contributed by atoms with Crippen LogP contribution in [0.4, 0.5) is 15.8 Å². The van der Waals surface area contributed by atoms with Gasteiger partial charge in [0.1, 0.15) is 5.82 Å². The van der Waals surface area contributed by atoms with Gasteiger partial charge in [0.15, 0.2) is 5.11 Å². The van der Waals surface area contributed by atoms with Crippen LogP contribution in [0.1, 0.15) is 11.1 Å². The van der Waals surface area contributed by atoms with E-state index in [0.29, 0.717) is 21.4 Å². The third-order valence-corrected chi connectivity index (χ3v) is 3.32. The Kier molecular flexibility index (Phi) is 4.57. The first-order chi connectivity index (χ1) is 9.45. The third kappa shape index (κ3) is 3.68. The second-order valence-corrected chi connectivity index (χ2v) is 5.35. The lowest BCUT2D eigenvalue weighted by molar-refractivity contribution is 0.619. The Morgan fingerprint density at radius 2 is 1.75 bits per heavy atom. The second-order valence-electron chi connectivity index (χ2n) is 4.50. The third-order valence-electron chi connectivity index (χ3n) is 2.88. The van der Waals surface area contributed by atoms with Crippen LogP contribution in [0.15, 0.2) is 36.4 Å². The van der Waals surface area contributed by atoms with Gasteiger partial charge in [0.2, 0.25) is 0 Å². The van der Waals surface area contributed by atoms with Gasteiger partial charge in [-0.2, -0.15) is 0 Å². The van der Waals surface area contributed by atoms with Gasteiger partial charge in [0.05, 0.1) is 0 Å². The van der Waals surface area contributed by atoms with E-state index in [0.717, 1.165) is 11.3 Å². The maximum Gasteiger partial charge on any atom is 0.175 e. The van der Waals surface area contributed by atoms with Gasteiger partial charge in [-0.05, 0) is 61.5 Å². The Bertz CT molecular complexity index is 658. The van der Waals surface area contributed by atoms with Crippen molar-refractivity contribution in [3.05, 3.63) is 58.4 Å². The number of aryl methyl sites for hydroxylation is 2. The molecule has 0 saturated carbocycles. The average molecular weight is 309 g/mol. The Morgan fingerprint density at radius 3 is 2.45 bits per heavy atom. The Hall–Kier alpha value is -1.65. The van der Waals surface area contributed by atoms with E-state index >= 15 is 0 Å². The largest absolute Gasteiger partial charge is 0.332 e. The molecule has 2 N–H and O–H groups in total. The second kappa shape index (κ2) is 6.20. The van der Waals surface area contributed by atoms with E-state index in [9.17, 15) is 4.39 Å². The number of thiocarbonyl (C=S) groups is 1. The monoisotopic (exact) mass is 308 g/mol. The molecule has 2 nitrogen and oxygen atoms in total. The van der Waals surface area contributed by atoms with Crippen LogP contribution in [0.3, 0.4) is 0 Å². The summed E-state index contributed by atoms with van der Waals surface area (Å²) in [4.78, 5) is 0. The lowest BCUT2D eigenvalue weighted by Crippen LogP contribution is -2.19. The summed E-state index contributed by atoms with van der Waals surface area (Å²) in [5.41, 5.74) is 3.04. The fourth-order valence-corrected chi connectivity index (χ4v) is 2.08. The standard InChI is InChI=1S/C15H14ClFN2S/c1-9-4-6-12(8-13(9)17)18-15(20)19-14-7-11(16)5-3-10(14)2/h3-8H,1-2H3,(H2,18,19,20). The zero-order valence-corrected chi connectivity index (χ0v) is 12.7. The average Bonchev–Trinajstić information content (AvgIpc) is 2.38. The molecular formula is C15H14ClFN2S. The van der Waals surface area contributed by atoms with Gasteiger partial charge in [-0.1, -0.05) is 23.7 Å². The number of anilines is 2. The molecule has 0 aliphatic rings. The summed E-state index contributed by atoms with van der Waals surface area (Å²) in [6.45, 7) is 3.66. The number of benzene rings is 2. The molecule has 0 heterocycles. The lowest BCUT2D eigenvalue weighted by atomic mass is 10.2. The first-order valence-electron chi connectivity index (χ1n) is 6.06. The van der Waals surface area contributed by atoms with Gasteiger partial charge >= 0.3 is 0 Å². The minimum atomic E-state index is -0.267. The molecule has 2 aromatic rings. The summed E-state index contributed by atoms with van der Waals surface area (Å²) >= 11 is 11.2. The predicted octanol–water partition coefficient (Wildman–Crippen LogP) is 4.90. The van der Waals surface area contributed by atoms with Gasteiger partial charge in [0, 0.05) is 16.4 Å². The highest BCUT2D eigenvalue weighted by molar-refractivity contribution is 7.80. The molecule has 0 unspecified atom stereocenters. The fraction of sp³-hybridized carbons (Fsp3) is 0.133. The van der Waals surface area contributed by atoms with Crippen LogP contribution < -0.4 is 10.6 Å². The smallest absolute Gasteiger partial charge is 0.175 e. The zero-order valence-electron chi connectivity index (χ0n) is 11.1. The topological polar surface area (TPSA) is 24.1 Å². The molecule has 0 amide bonds. The van der Waals surface area contributed by atoms with E-state index in [1.54, 1.807) is 25.1 Å². The van der Waals surface area contributed by atoms with E-state index in [-0.39, 0.29) is 5.82 Å². The van der Waals surface area contributed by atoms with Crippen molar-refractivity contribution in [3.8, 4) is 0 Å². The highest BCUT2D eigenvalue weighted by Crippen LogP contribution is 2.21. The quantitative estimate of drug-likeness (QED) is 0.771. The Balaban J connectivity index is 2.09. The Morgan fingerprint density at radius 1 is 1.05 bits per heavy atom. The van der Waals surface area contributed by atoms with Crippen molar-refractivity contribution in [1.82, 2.24) is 0 Å². The highest BCUT2D eigenvalue weighted by atomic mass is 35.5. The molecule has 20 heavy (non-hydrogen) atoms. The Labute approximate surface area is 128 Å². The maximum atomic E-state index is 13.5. The van der Waals surface area contributed by atoms with E-state index in [4.69, 9.17) is 23.8 Å². The molecule has 0 saturated heterocycles. The van der Waals surface area contributed by atoms with Crippen LogP contribution in [0.5, 0.6) is 0 Å². The summed E-state index contributed by atoms with van der Waals surface area (Å²) in [7, 11) is 0. The molecule has 0 radical (unpaired) electrons. The fourth-order valence-electron chi connectivity index (χ4n) is 1.68. The summed E-state index contributed by atoms with van der Waals surface area (Å²) in [5.74, 6) is -0.267. The molecule has 0 spiro atoms. The van der Waals surface area contributed by atoms with Gasteiger partial charge in [-0.25, -0.2) is 4.39 Å². The van der Waals surface area contributed by atoms with E-state index < -0.39 is 0 Å². The lowest BCUT2D eigenvalue weighted by Gasteiger charge is -2.13. The van der Waals surface area contributed by atoms with Crippen LogP contribution in [-0.4, -0.2) is 5.11 Å². The number of nitrogens with one attached hydrogen (secondary N) is 2. The molecule has 2 rings (SSSR count). The summed E-state index contributed by atoms with van der Waals surface area (Å²) in [6.07, 6.45) is 0. The minimum absolute atomic E-state index is 0.267. The van der Waals surface area contributed by atoms with Crippen LogP contribution >= 0.6 is 23.8 Å². The van der Waals surface area contributed by atoms with Crippen LogP contribution in [-0.2, 0) is 0 Å². The number of rotatable bonds is 2. The van der Waals surface area contributed by atoms with Gasteiger partial charge in [0.25, 0.3) is 0 Å². The number of halogens is 2. The van der Waals surface area contributed by atoms with E-state index in [1.807, 2.05) is 19.1 Å². The molecular weight excluding hydrogens is 295 g/mol. The zero-order chi connectivity index (χ0) is 14.7. The van der Waals surface area contributed by atoms with E-state index in [1.165, 1.54) is 6.07 Å². The van der Waals surface area contributed by atoms with Crippen molar-refractivity contribution in [2.24, 2.45) is 0 Å². The van der Waals surface area contributed by atoms with Gasteiger partial charge in [-0.3, -0.25) is 0 Å². The van der Waals surface area contributed by atoms with Crippen LogP contribution in [0.2, 0.25) is 5.02 Å². The van der Waals surface area contributed by atoms with Crippen molar-refractivity contribution in [3.63, 3.8) is 0 Å². The first-order valence-corrected chi connectivity index (χ1v) is 6.84. The molecule has 5 heteroatoms. The van der Waals surface area contributed by atoms with E-state index in [2.05, 4.69) is 10.6 Å². The van der Waals surface area contributed by atoms with Crippen LogP contribution in [0, 0.1) is 19.7 Å². The minimum Gasteiger partial charge on any atom is -0.332 e. The van der Waals surface area contributed by atoms with Gasteiger partial charge in [-0.15, -0.1) is 0 Å². The molecule has 0 fully saturated rings. The molecule has 0 bridgehead atoms. The molecule has 0 aromatic heterocycles. The van der Waals surface area contributed by atoms with Crippen molar-refractivity contribution >= 4 is 40.3 Å². The molecule has 0 atom stereocenters. The summed E-state index contributed by atoms with van der Waals surface area (Å²) < 4.78 is 13.5. The number of hydrogen-bond acceptors (Lipinski definition) is 1. The maximum absolute atomic E-state index is 13.5. The van der Waals surface area contributed by atoms with Crippen molar-refractivity contribution < 1.29 is 4.39 Å². The molecule has 2 aromatic carbocycles. The molecule has 0 aliphatic carbocycles. The van der Waals surface area contributed by atoms with Crippen molar-refractivity contribution in [2.75, 3.05) is 10.6 Å². The highest BCUT2D eigenvalue weighted by Gasteiger charge is 2.04. The summed E-state index contributed by atoms with van der Waals surface area (Å²) in [5, 5.41) is 7.00.